The Morgan fingerprint density at radius 3 is 2.50 bits per heavy atom. The average molecular weight is 194 g/mol. The second-order valence-corrected chi connectivity index (χ2v) is 2.54. The predicted molar refractivity (Wildman–Crippen MR) is 49.9 cm³/mol. The Morgan fingerprint density at radius 1 is 1.36 bits per heavy atom. The van der Waals surface area contributed by atoms with Gasteiger partial charge in [-0.05, 0) is 12.1 Å². The molecule has 1 rings (SSSR count). The van der Waals surface area contributed by atoms with Crippen LogP contribution in [0.3, 0.4) is 0 Å². The van der Waals surface area contributed by atoms with Crippen molar-refractivity contribution in [1.82, 2.24) is 0 Å². The van der Waals surface area contributed by atoms with Gasteiger partial charge in [-0.3, -0.25) is 0 Å². The molecule has 0 aliphatic rings. The van der Waals surface area contributed by atoms with Gasteiger partial charge in [0, 0.05) is 0 Å². The Hall–Kier alpha value is -1.81. The summed E-state index contributed by atoms with van der Waals surface area (Å²) >= 11 is 0. The van der Waals surface area contributed by atoms with Gasteiger partial charge in [-0.2, -0.15) is 0 Å². The van der Waals surface area contributed by atoms with Crippen LogP contribution in [-0.4, -0.2) is 22.8 Å². The number of ether oxygens (including phenoxy) is 1. The Morgan fingerprint density at radius 2 is 2.00 bits per heavy atom. The van der Waals surface area contributed by atoms with Crippen LogP contribution in [0.1, 0.15) is 0 Å². The number of rotatable bonds is 4. The molecule has 0 fully saturated rings. The summed E-state index contributed by atoms with van der Waals surface area (Å²) in [7, 11) is 0. The van der Waals surface area contributed by atoms with Crippen molar-refractivity contribution in [2.45, 2.75) is 0 Å². The van der Waals surface area contributed by atoms with Crippen molar-refractivity contribution in [3.63, 3.8) is 0 Å². The molecule has 0 heterocycles. The van der Waals surface area contributed by atoms with Gasteiger partial charge in [-0.25, -0.2) is 4.79 Å². The standard InChI is InChI=1S/C10H10O4/c11-6-8(10(12)13)7-14-9-4-2-1-3-5-9/h1-5,7,11H,6H2,(H,12,13). The van der Waals surface area contributed by atoms with Gasteiger partial charge in [0.2, 0.25) is 0 Å². The first-order chi connectivity index (χ1) is 6.74. The van der Waals surface area contributed by atoms with E-state index in [9.17, 15) is 4.79 Å². The highest BCUT2D eigenvalue weighted by atomic mass is 16.5. The second-order valence-electron chi connectivity index (χ2n) is 2.54. The van der Waals surface area contributed by atoms with Crippen LogP contribution in [0.5, 0.6) is 5.75 Å². The molecule has 0 aromatic heterocycles. The van der Waals surface area contributed by atoms with E-state index < -0.39 is 12.6 Å². The van der Waals surface area contributed by atoms with E-state index in [1.807, 2.05) is 6.07 Å². The number of aliphatic hydroxyl groups is 1. The van der Waals surface area contributed by atoms with Gasteiger partial charge in [-0.1, -0.05) is 18.2 Å². The molecular weight excluding hydrogens is 184 g/mol. The third kappa shape index (κ3) is 2.91. The van der Waals surface area contributed by atoms with Gasteiger partial charge in [-0.15, -0.1) is 0 Å². The topological polar surface area (TPSA) is 66.8 Å². The summed E-state index contributed by atoms with van der Waals surface area (Å²) in [4.78, 5) is 10.4. The summed E-state index contributed by atoms with van der Waals surface area (Å²) in [5, 5.41) is 17.2. The lowest BCUT2D eigenvalue weighted by atomic mass is 10.3. The lowest BCUT2D eigenvalue weighted by molar-refractivity contribution is -0.133. The number of aliphatic hydroxyl groups excluding tert-OH is 1. The molecule has 0 amide bonds. The highest BCUT2D eigenvalue weighted by Gasteiger charge is 2.05. The number of hydrogen-bond acceptors (Lipinski definition) is 3. The molecule has 0 aliphatic carbocycles. The Bertz CT molecular complexity index is 329. The number of carbonyl (C=O) groups is 1. The van der Waals surface area contributed by atoms with Gasteiger partial charge in [0.1, 0.15) is 12.0 Å². The minimum Gasteiger partial charge on any atom is -0.478 e. The van der Waals surface area contributed by atoms with Crippen molar-refractivity contribution < 1.29 is 19.7 Å². The minimum atomic E-state index is -1.19. The number of para-hydroxylation sites is 1. The van der Waals surface area contributed by atoms with Crippen LogP contribution in [0.4, 0.5) is 0 Å². The van der Waals surface area contributed by atoms with Gasteiger partial charge >= 0.3 is 5.97 Å². The monoisotopic (exact) mass is 194 g/mol. The first kappa shape index (κ1) is 10.3. The van der Waals surface area contributed by atoms with Crippen LogP contribution < -0.4 is 4.74 Å². The maximum atomic E-state index is 10.4. The normalized spacial score (nSPS) is 11.1. The van der Waals surface area contributed by atoms with Crippen molar-refractivity contribution in [3.05, 3.63) is 42.2 Å². The molecule has 14 heavy (non-hydrogen) atoms. The molecule has 4 heteroatoms. The van der Waals surface area contributed by atoms with Gasteiger partial charge in [0.05, 0.1) is 12.2 Å². The molecule has 0 bridgehead atoms. The SMILES string of the molecule is O=C(O)C(=COc1ccccc1)CO. The molecule has 0 aliphatic heterocycles. The second kappa shape index (κ2) is 5.04. The molecule has 0 radical (unpaired) electrons. The van der Waals surface area contributed by atoms with E-state index in [0.717, 1.165) is 6.26 Å². The molecule has 1 aromatic carbocycles. The fourth-order valence-electron chi connectivity index (χ4n) is 0.794. The summed E-state index contributed by atoms with van der Waals surface area (Å²) in [6, 6.07) is 8.73. The van der Waals surface area contributed by atoms with Crippen LogP contribution in [0.15, 0.2) is 42.2 Å². The Balaban J connectivity index is 2.66. The van der Waals surface area contributed by atoms with E-state index in [2.05, 4.69) is 0 Å². The highest BCUT2D eigenvalue weighted by Crippen LogP contribution is 2.09. The number of benzene rings is 1. The van der Waals surface area contributed by atoms with E-state index in [1.54, 1.807) is 24.3 Å². The first-order valence-corrected chi connectivity index (χ1v) is 3.99. The zero-order valence-corrected chi connectivity index (χ0v) is 7.38. The van der Waals surface area contributed by atoms with Crippen molar-refractivity contribution in [2.75, 3.05) is 6.61 Å². The van der Waals surface area contributed by atoms with E-state index in [1.165, 1.54) is 0 Å². The zero-order chi connectivity index (χ0) is 10.4. The van der Waals surface area contributed by atoms with Crippen LogP contribution in [0.2, 0.25) is 0 Å². The highest BCUT2D eigenvalue weighted by molar-refractivity contribution is 5.86. The third-order valence-corrected chi connectivity index (χ3v) is 1.53. The smallest absolute Gasteiger partial charge is 0.337 e. The number of carboxylic acid groups (broad SMARTS) is 1. The number of aliphatic carboxylic acids is 1. The van der Waals surface area contributed by atoms with Crippen LogP contribution in [0.25, 0.3) is 0 Å². The van der Waals surface area contributed by atoms with Crippen molar-refractivity contribution in [3.8, 4) is 5.75 Å². The number of carboxylic acids is 1. The summed E-state index contributed by atoms with van der Waals surface area (Å²) in [5.41, 5.74) is -0.186. The molecule has 2 N–H and O–H groups in total. The first-order valence-electron chi connectivity index (χ1n) is 3.99. The fourth-order valence-corrected chi connectivity index (χ4v) is 0.794. The molecular formula is C10H10O4. The van der Waals surface area contributed by atoms with Crippen LogP contribution in [0, 0.1) is 0 Å². The third-order valence-electron chi connectivity index (χ3n) is 1.53. The van der Waals surface area contributed by atoms with Gasteiger partial charge in [0.15, 0.2) is 0 Å². The van der Waals surface area contributed by atoms with E-state index in [-0.39, 0.29) is 5.57 Å². The van der Waals surface area contributed by atoms with Crippen molar-refractivity contribution >= 4 is 5.97 Å². The maximum Gasteiger partial charge on any atom is 0.337 e. The molecule has 1 aromatic rings. The van der Waals surface area contributed by atoms with Gasteiger partial charge < -0.3 is 14.9 Å². The van der Waals surface area contributed by atoms with Crippen LogP contribution >= 0.6 is 0 Å². The van der Waals surface area contributed by atoms with Crippen molar-refractivity contribution in [1.29, 1.82) is 0 Å². The van der Waals surface area contributed by atoms with Crippen molar-refractivity contribution in [2.24, 2.45) is 0 Å². The molecule has 0 saturated carbocycles. The zero-order valence-electron chi connectivity index (χ0n) is 7.38. The lowest BCUT2D eigenvalue weighted by Gasteiger charge is -2.00. The van der Waals surface area contributed by atoms with E-state index >= 15 is 0 Å². The summed E-state index contributed by atoms with van der Waals surface area (Å²) < 4.78 is 5.02. The Kier molecular flexibility index (Phi) is 3.69. The quantitative estimate of drug-likeness (QED) is 0.554. The number of hydrogen-bond donors (Lipinski definition) is 2. The predicted octanol–water partition coefficient (Wildman–Crippen LogP) is 1.03. The maximum absolute atomic E-state index is 10.4. The summed E-state index contributed by atoms with van der Waals surface area (Å²) in [6.45, 7) is -0.553. The minimum absolute atomic E-state index is 0.186. The lowest BCUT2D eigenvalue weighted by Crippen LogP contribution is -2.06. The molecule has 0 atom stereocenters. The van der Waals surface area contributed by atoms with Gasteiger partial charge in [0.25, 0.3) is 0 Å². The summed E-state index contributed by atoms with van der Waals surface area (Å²) in [6.07, 6.45) is 1.03. The average Bonchev–Trinajstić information content (AvgIpc) is 2.20. The summed E-state index contributed by atoms with van der Waals surface area (Å²) in [5.74, 6) is -0.664. The van der Waals surface area contributed by atoms with E-state index in [4.69, 9.17) is 14.9 Å². The molecule has 0 unspecified atom stereocenters. The fraction of sp³-hybridized carbons (Fsp3) is 0.100. The molecule has 74 valence electrons. The molecule has 0 spiro atoms. The molecule has 4 nitrogen and oxygen atoms in total. The Labute approximate surface area is 81.1 Å². The van der Waals surface area contributed by atoms with E-state index in [0.29, 0.717) is 5.75 Å². The molecule has 0 saturated heterocycles. The van der Waals surface area contributed by atoms with Crippen LogP contribution in [-0.2, 0) is 4.79 Å². The largest absolute Gasteiger partial charge is 0.478 e.